The number of anilines is 1. The minimum Gasteiger partial charge on any atom is -0.478 e. The first-order chi connectivity index (χ1) is 11.8. The van der Waals surface area contributed by atoms with Crippen LogP contribution in [-0.4, -0.2) is 11.5 Å². The predicted octanol–water partition coefficient (Wildman–Crippen LogP) is 4.24. The van der Waals surface area contributed by atoms with Crippen molar-refractivity contribution in [2.45, 2.75) is 19.4 Å². The van der Waals surface area contributed by atoms with E-state index in [4.69, 9.17) is 20.8 Å². The molecule has 0 unspecified atom stereocenters. The molecule has 5 nitrogen and oxygen atoms in total. The molecule has 1 heterocycles. The largest absolute Gasteiger partial charge is 0.478 e. The van der Waals surface area contributed by atoms with Crippen LogP contribution in [0.1, 0.15) is 13.8 Å². The molecule has 1 aromatic heterocycles. The van der Waals surface area contributed by atoms with Crippen molar-refractivity contribution in [3.8, 4) is 5.75 Å². The molecule has 0 radical (unpaired) electrons. The maximum absolute atomic E-state index is 12.5. The molecule has 0 bridgehead atoms. The van der Waals surface area contributed by atoms with Crippen LogP contribution in [0.5, 0.6) is 5.75 Å². The number of para-hydroxylation sites is 1. The summed E-state index contributed by atoms with van der Waals surface area (Å²) in [6.07, 6.45) is 0. The van der Waals surface area contributed by atoms with Crippen molar-refractivity contribution in [2.75, 3.05) is 5.32 Å². The van der Waals surface area contributed by atoms with Gasteiger partial charge in [-0.15, -0.1) is 0 Å². The predicted molar refractivity (Wildman–Crippen MR) is 97.3 cm³/mol. The molecule has 2 aromatic carbocycles. The van der Waals surface area contributed by atoms with Crippen LogP contribution in [0.25, 0.3) is 11.0 Å². The Labute approximate surface area is 149 Å². The van der Waals surface area contributed by atoms with Crippen LogP contribution in [0.4, 0.5) is 5.88 Å². The Bertz CT molecular complexity index is 977. The third kappa shape index (κ3) is 3.83. The summed E-state index contributed by atoms with van der Waals surface area (Å²) >= 11 is 5.84. The van der Waals surface area contributed by atoms with Gasteiger partial charge >= 0.3 is 0 Å². The fourth-order valence-electron chi connectivity index (χ4n) is 2.27. The topological polar surface area (TPSA) is 68.5 Å². The highest BCUT2D eigenvalue weighted by Gasteiger charge is 2.30. The minimum atomic E-state index is -1.18. The molecule has 25 heavy (non-hydrogen) atoms. The monoisotopic (exact) mass is 357 g/mol. The normalized spacial score (nSPS) is 11.3. The highest BCUT2D eigenvalue weighted by atomic mass is 35.5. The van der Waals surface area contributed by atoms with Crippen molar-refractivity contribution in [1.29, 1.82) is 0 Å². The lowest BCUT2D eigenvalue weighted by Gasteiger charge is -2.25. The zero-order valence-corrected chi connectivity index (χ0v) is 14.5. The number of carbonyl (C=O) groups is 1. The number of carbonyl (C=O) groups excluding carboxylic acids is 1. The molecule has 3 rings (SSSR count). The molecular formula is C19H16ClNO4. The molecule has 6 heteroatoms. The zero-order valence-electron chi connectivity index (χ0n) is 13.7. The quantitative estimate of drug-likeness (QED) is 0.758. The molecule has 1 amide bonds. The summed E-state index contributed by atoms with van der Waals surface area (Å²) in [4.78, 5) is 24.6. The zero-order chi connectivity index (χ0) is 18.0. The van der Waals surface area contributed by atoms with Gasteiger partial charge in [-0.25, -0.2) is 0 Å². The maximum atomic E-state index is 12.5. The highest BCUT2D eigenvalue weighted by Crippen LogP contribution is 2.22. The number of ether oxygens (including phenoxy) is 1. The van der Waals surface area contributed by atoms with E-state index in [1.807, 2.05) is 0 Å². The number of nitrogens with one attached hydrogen (secondary N) is 1. The second kappa shape index (κ2) is 6.61. The number of benzene rings is 2. The summed E-state index contributed by atoms with van der Waals surface area (Å²) in [6, 6.07) is 14.8. The molecule has 0 aliphatic heterocycles. The molecule has 128 valence electrons. The van der Waals surface area contributed by atoms with Crippen molar-refractivity contribution in [3.05, 3.63) is 69.8 Å². The molecular weight excluding hydrogens is 342 g/mol. The molecule has 0 spiro atoms. The lowest BCUT2D eigenvalue weighted by molar-refractivity contribution is -0.128. The van der Waals surface area contributed by atoms with Gasteiger partial charge in [-0.2, -0.15) is 0 Å². The molecule has 1 N–H and O–H groups in total. The van der Waals surface area contributed by atoms with E-state index >= 15 is 0 Å². The molecule has 3 aromatic rings. The van der Waals surface area contributed by atoms with Crippen LogP contribution in [0.3, 0.4) is 0 Å². The van der Waals surface area contributed by atoms with Gasteiger partial charge in [0.25, 0.3) is 5.91 Å². The average Bonchev–Trinajstić information content (AvgIpc) is 2.57. The second-order valence-corrected chi connectivity index (χ2v) is 6.43. The fraction of sp³-hybridized carbons (Fsp3) is 0.158. The second-order valence-electron chi connectivity index (χ2n) is 5.99. The molecule has 0 aliphatic carbocycles. The van der Waals surface area contributed by atoms with E-state index in [1.54, 1.807) is 62.4 Å². The number of rotatable bonds is 4. The minimum absolute atomic E-state index is 0.0708. The van der Waals surface area contributed by atoms with Crippen LogP contribution in [-0.2, 0) is 4.79 Å². The first kappa shape index (κ1) is 17.0. The number of hydrogen-bond donors (Lipinski definition) is 1. The third-order valence-corrected chi connectivity index (χ3v) is 3.86. The lowest BCUT2D eigenvalue weighted by atomic mass is 10.1. The summed E-state index contributed by atoms with van der Waals surface area (Å²) in [7, 11) is 0. The van der Waals surface area contributed by atoms with Crippen LogP contribution in [0, 0.1) is 0 Å². The number of amides is 1. The van der Waals surface area contributed by atoms with Gasteiger partial charge in [0.15, 0.2) is 11.0 Å². The van der Waals surface area contributed by atoms with Crippen LogP contribution in [0.2, 0.25) is 5.02 Å². The van der Waals surface area contributed by atoms with Crippen LogP contribution < -0.4 is 15.5 Å². The van der Waals surface area contributed by atoms with Crippen molar-refractivity contribution in [1.82, 2.24) is 0 Å². The highest BCUT2D eigenvalue weighted by molar-refractivity contribution is 6.30. The summed E-state index contributed by atoms with van der Waals surface area (Å²) in [5, 5.41) is 3.62. The van der Waals surface area contributed by atoms with Crippen molar-refractivity contribution in [2.24, 2.45) is 0 Å². The smallest absolute Gasteiger partial charge is 0.270 e. The molecule has 0 fully saturated rings. The Morgan fingerprint density at radius 2 is 1.80 bits per heavy atom. The Morgan fingerprint density at radius 3 is 2.52 bits per heavy atom. The Hall–Kier alpha value is -2.79. The first-order valence-corrected chi connectivity index (χ1v) is 8.02. The Morgan fingerprint density at radius 1 is 1.12 bits per heavy atom. The third-order valence-electron chi connectivity index (χ3n) is 3.60. The number of fused-ring (bicyclic) bond motifs is 1. The Balaban J connectivity index is 1.81. The summed E-state index contributed by atoms with van der Waals surface area (Å²) in [5.74, 6) is 0.131. The van der Waals surface area contributed by atoms with E-state index in [0.29, 0.717) is 21.7 Å². The van der Waals surface area contributed by atoms with Gasteiger partial charge in [0.05, 0.1) is 5.39 Å². The fourth-order valence-corrected chi connectivity index (χ4v) is 2.40. The van der Waals surface area contributed by atoms with Gasteiger partial charge in [0, 0.05) is 11.1 Å². The maximum Gasteiger partial charge on any atom is 0.270 e. The Kier molecular flexibility index (Phi) is 4.51. The van der Waals surface area contributed by atoms with Crippen LogP contribution >= 0.6 is 11.6 Å². The van der Waals surface area contributed by atoms with E-state index in [9.17, 15) is 9.59 Å². The molecule has 0 saturated heterocycles. The van der Waals surface area contributed by atoms with E-state index < -0.39 is 11.5 Å². The van der Waals surface area contributed by atoms with E-state index in [1.165, 1.54) is 6.07 Å². The number of halogens is 1. The van der Waals surface area contributed by atoms with Gasteiger partial charge in [-0.1, -0.05) is 23.7 Å². The van der Waals surface area contributed by atoms with E-state index in [-0.39, 0.29) is 11.3 Å². The van der Waals surface area contributed by atoms with Crippen LogP contribution in [0.15, 0.2) is 63.8 Å². The summed E-state index contributed by atoms with van der Waals surface area (Å²) in [6.45, 7) is 3.24. The van der Waals surface area contributed by atoms with Crippen molar-refractivity contribution in [3.63, 3.8) is 0 Å². The van der Waals surface area contributed by atoms with Gasteiger partial charge in [0.2, 0.25) is 5.88 Å². The van der Waals surface area contributed by atoms with Crippen molar-refractivity contribution < 1.29 is 13.9 Å². The lowest BCUT2D eigenvalue weighted by Crippen LogP contribution is -2.42. The van der Waals surface area contributed by atoms with Gasteiger partial charge in [-0.05, 0) is 50.2 Å². The van der Waals surface area contributed by atoms with Gasteiger partial charge in [-0.3, -0.25) is 14.9 Å². The molecule has 0 atom stereocenters. The average molecular weight is 358 g/mol. The standard InChI is InChI=1S/C19H16ClNO4/c1-19(2,25-13-9-7-12(20)8-10-13)18(23)21-17-11-15(22)14-5-3-4-6-16(14)24-17/h3-11H,1-2H3,(H,21,23). The first-order valence-electron chi connectivity index (χ1n) is 7.64. The molecule has 0 aliphatic rings. The van der Waals surface area contributed by atoms with Crippen molar-refractivity contribution >= 4 is 34.4 Å². The van der Waals surface area contributed by atoms with Gasteiger partial charge < -0.3 is 9.15 Å². The molecule has 0 saturated carbocycles. The van der Waals surface area contributed by atoms with E-state index in [2.05, 4.69) is 5.32 Å². The summed E-state index contributed by atoms with van der Waals surface area (Å²) in [5.41, 5.74) is -1.01. The summed E-state index contributed by atoms with van der Waals surface area (Å²) < 4.78 is 11.3. The van der Waals surface area contributed by atoms with Gasteiger partial charge in [0.1, 0.15) is 11.3 Å². The van der Waals surface area contributed by atoms with E-state index in [0.717, 1.165) is 0 Å². The SMILES string of the molecule is CC(C)(Oc1ccc(Cl)cc1)C(=O)Nc1cc(=O)c2ccccc2o1. The number of hydrogen-bond acceptors (Lipinski definition) is 4.